The standard InChI is InChI=1S/C17H17BrClNO3/c1-10(2)23-16-6-3-12(18)7-11(16)9-20-13-4-5-14(17(21)22)15(19)8-13/h3-8,10,20H,9H2,1-2H3,(H,21,22). The minimum atomic E-state index is -1.04. The number of carbonyl (C=O) groups is 1. The van der Waals surface area contributed by atoms with Crippen LogP contribution >= 0.6 is 27.5 Å². The van der Waals surface area contributed by atoms with Gasteiger partial charge in [0.2, 0.25) is 0 Å². The van der Waals surface area contributed by atoms with E-state index in [4.69, 9.17) is 21.4 Å². The summed E-state index contributed by atoms with van der Waals surface area (Å²) < 4.78 is 6.76. The third kappa shape index (κ3) is 4.88. The van der Waals surface area contributed by atoms with Crippen LogP contribution in [0, 0.1) is 0 Å². The molecule has 6 heteroatoms. The Morgan fingerprint density at radius 3 is 2.65 bits per heavy atom. The van der Waals surface area contributed by atoms with E-state index in [9.17, 15) is 4.79 Å². The minimum absolute atomic E-state index is 0.0826. The van der Waals surface area contributed by atoms with Gasteiger partial charge in [0.1, 0.15) is 5.75 Å². The third-order valence-electron chi connectivity index (χ3n) is 3.07. The lowest BCUT2D eigenvalue weighted by atomic mass is 10.1. The molecule has 0 atom stereocenters. The van der Waals surface area contributed by atoms with Gasteiger partial charge in [0.25, 0.3) is 0 Å². The highest BCUT2D eigenvalue weighted by Gasteiger charge is 2.10. The summed E-state index contributed by atoms with van der Waals surface area (Å²) in [6.07, 6.45) is 0.0826. The van der Waals surface area contributed by atoms with Crippen LogP contribution in [0.2, 0.25) is 5.02 Å². The number of benzene rings is 2. The van der Waals surface area contributed by atoms with Gasteiger partial charge in [-0.25, -0.2) is 4.79 Å². The van der Waals surface area contributed by atoms with E-state index < -0.39 is 5.97 Å². The van der Waals surface area contributed by atoms with Gasteiger partial charge < -0.3 is 15.2 Å². The zero-order chi connectivity index (χ0) is 17.0. The fourth-order valence-electron chi connectivity index (χ4n) is 2.05. The molecule has 0 saturated carbocycles. The maximum atomic E-state index is 11.0. The molecule has 0 aliphatic carbocycles. The van der Waals surface area contributed by atoms with Gasteiger partial charge in [0.05, 0.1) is 16.7 Å². The summed E-state index contributed by atoms with van der Waals surface area (Å²) in [6.45, 7) is 4.48. The van der Waals surface area contributed by atoms with E-state index in [0.717, 1.165) is 21.5 Å². The van der Waals surface area contributed by atoms with Gasteiger partial charge in [-0.05, 0) is 50.2 Å². The quantitative estimate of drug-likeness (QED) is 0.702. The molecule has 0 heterocycles. The second-order valence-electron chi connectivity index (χ2n) is 5.27. The van der Waals surface area contributed by atoms with E-state index in [-0.39, 0.29) is 16.7 Å². The summed E-state index contributed by atoms with van der Waals surface area (Å²) in [4.78, 5) is 11.0. The van der Waals surface area contributed by atoms with Crippen molar-refractivity contribution in [3.05, 3.63) is 57.0 Å². The first-order valence-electron chi connectivity index (χ1n) is 7.08. The number of hydrogen-bond donors (Lipinski definition) is 2. The molecule has 2 aromatic rings. The summed E-state index contributed by atoms with van der Waals surface area (Å²) in [5.41, 5.74) is 1.82. The van der Waals surface area contributed by atoms with Crippen LogP contribution in [0.3, 0.4) is 0 Å². The number of rotatable bonds is 6. The van der Waals surface area contributed by atoms with Crippen LogP contribution in [0.4, 0.5) is 5.69 Å². The van der Waals surface area contributed by atoms with Crippen molar-refractivity contribution in [1.29, 1.82) is 0 Å². The predicted octanol–water partition coefficient (Wildman–Crippen LogP) is 5.20. The average Bonchev–Trinajstić information content (AvgIpc) is 2.46. The fraction of sp³-hybridized carbons (Fsp3) is 0.235. The molecule has 4 nitrogen and oxygen atoms in total. The van der Waals surface area contributed by atoms with Crippen molar-refractivity contribution < 1.29 is 14.6 Å². The normalized spacial score (nSPS) is 10.7. The smallest absolute Gasteiger partial charge is 0.337 e. The molecule has 2 aromatic carbocycles. The summed E-state index contributed by atoms with van der Waals surface area (Å²) in [7, 11) is 0. The van der Waals surface area contributed by atoms with Crippen LogP contribution in [-0.4, -0.2) is 17.2 Å². The number of hydrogen-bond acceptors (Lipinski definition) is 3. The zero-order valence-corrected chi connectivity index (χ0v) is 15.1. The minimum Gasteiger partial charge on any atom is -0.491 e. The molecule has 0 aromatic heterocycles. The molecule has 2 rings (SSSR count). The number of nitrogens with one attached hydrogen (secondary N) is 1. The van der Waals surface area contributed by atoms with E-state index >= 15 is 0 Å². The van der Waals surface area contributed by atoms with Crippen molar-refractivity contribution in [1.82, 2.24) is 0 Å². The highest BCUT2D eigenvalue weighted by molar-refractivity contribution is 9.10. The van der Waals surface area contributed by atoms with Gasteiger partial charge in [0.15, 0.2) is 0 Å². The first-order chi connectivity index (χ1) is 10.9. The molecule has 0 fully saturated rings. The van der Waals surface area contributed by atoms with E-state index in [0.29, 0.717) is 6.54 Å². The third-order valence-corrected chi connectivity index (χ3v) is 3.87. The lowest BCUT2D eigenvalue weighted by Gasteiger charge is -2.16. The average molecular weight is 399 g/mol. The zero-order valence-electron chi connectivity index (χ0n) is 12.8. The lowest BCUT2D eigenvalue weighted by Crippen LogP contribution is -2.09. The molecule has 122 valence electrons. The fourth-order valence-corrected chi connectivity index (χ4v) is 2.72. The van der Waals surface area contributed by atoms with Crippen molar-refractivity contribution in [3.8, 4) is 5.75 Å². The molecule has 23 heavy (non-hydrogen) atoms. The number of anilines is 1. The molecule has 0 radical (unpaired) electrons. The van der Waals surface area contributed by atoms with Crippen LogP contribution in [0.5, 0.6) is 5.75 Å². The van der Waals surface area contributed by atoms with Crippen molar-refractivity contribution in [2.75, 3.05) is 5.32 Å². The second kappa shape index (κ2) is 7.70. The number of carboxylic acids is 1. The van der Waals surface area contributed by atoms with E-state index in [2.05, 4.69) is 21.2 Å². The Labute approximate surface area is 148 Å². The van der Waals surface area contributed by atoms with Crippen LogP contribution < -0.4 is 10.1 Å². The maximum Gasteiger partial charge on any atom is 0.337 e. The monoisotopic (exact) mass is 397 g/mol. The molecule has 0 spiro atoms. The number of ether oxygens (including phenoxy) is 1. The molecule has 0 aliphatic heterocycles. The van der Waals surface area contributed by atoms with Crippen molar-refractivity contribution in [2.24, 2.45) is 0 Å². The van der Waals surface area contributed by atoms with Gasteiger partial charge in [-0.3, -0.25) is 0 Å². The first kappa shape index (κ1) is 17.6. The Bertz CT molecular complexity index is 719. The van der Waals surface area contributed by atoms with Crippen LogP contribution in [0.1, 0.15) is 29.8 Å². The largest absolute Gasteiger partial charge is 0.491 e. The summed E-state index contributed by atoms with van der Waals surface area (Å²) in [6, 6.07) is 10.6. The lowest BCUT2D eigenvalue weighted by molar-refractivity contribution is 0.0697. The molecular formula is C17H17BrClNO3. The molecule has 2 N–H and O–H groups in total. The predicted molar refractivity (Wildman–Crippen MR) is 95.6 cm³/mol. The van der Waals surface area contributed by atoms with Crippen LogP contribution in [0.25, 0.3) is 0 Å². The summed E-state index contributed by atoms with van der Waals surface area (Å²) in [5.74, 6) is -0.231. The molecule has 0 bridgehead atoms. The van der Waals surface area contributed by atoms with Gasteiger partial charge >= 0.3 is 5.97 Å². The van der Waals surface area contributed by atoms with Gasteiger partial charge in [-0.15, -0.1) is 0 Å². The molecule has 0 amide bonds. The van der Waals surface area contributed by atoms with E-state index in [1.54, 1.807) is 12.1 Å². The number of aromatic carboxylic acids is 1. The second-order valence-corrected chi connectivity index (χ2v) is 6.59. The Balaban J connectivity index is 2.16. The van der Waals surface area contributed by atoms with Gasteiger partial charge in [-0.2, -0.15) is 0 Å². The first-order valence-corrected chi connectivity index (χ1v) is 8.25. The molecule has 0 unspecified atom stereocenters. The SMILES string of the molecule is CC(C)Oc1ccc(Br)cc1CNc1ccc(C(=O)O)c(Cl)c1. The topological polar surface area (TPSA) is 58.6 Å². The Morgan fingerprint density at radius 2 is 2.04 bits per heavy atom. The van der Waals surface area contributed by atoms with Crippen LogP contribution in [0.15, 0.2) is 40.9 Å². The molecular weight excluding hydrogens is 382 g/mol. The van der Waals surface area contributed by atoms with Crippen molar-refractivity contribution in [2.45, 2.75) is 26.5 Å². The number of halogens is 2. The highest BCUT2D eigenvalue weighted by Crippen LogP contribution is 2.26. The van der Waals surface area contributed by atoms with E-state index in [1.807, 2.05) is 32.0 Å². The summed E-state index contributed by atoms with van der Waals surface area (Å²) in [5, 5.41) is 12.4. The van der Waals surface area contributed by atoms with Gasteiger partial charge in [0, 0.05) is 22.3 Å². The van der Waals surface area contributed by atoms with Gasteiger partial charge in [-0.1, -0.05) is 27.5 Å². The van der Waals surface area contributed by atoms with Crippen LogP contribution in [-0.2, 0) is 6.54 Å². The van der Waals surface area contributed by atoms with E-state index in [1.165, 1.54) is 6.07 Å². The Hall–Kier alpha value is -1.72. The molecule has 0 saturated heterocycles. The molecule has 0 aliphatic rings. The van der Waals surface area contributed by atoms with Crippen molar-refractivity contribution >= 4 is 39.2 Å². The van der Waals surface area contributed by atoms with Crippen molar-refractivity contribution in [3.63, 3.8) is 0 Å². The Morgan fingerprint density at radius 1 is 1.30 bits per heavy atom. The Kier molecular flexibility index (Phi) is 5.91. The highest BCUT2D eigenvalue weighted by atomic mass is 79.9. The summed E-state index contributed by atoms with van der Waals surface area (Å²) >= 11 is 9.43. The maximum absolute atomic E-state index is 11.0. The number of carboxylic acid groups (broad SMARTS) is 1.